The van der Waals surface area contributed by atoms with Crippen molar-refractivity contribution in [3.05, 3.63) is 42.5 Å². The number of anilines is 1. The number of hydrogen-bond acceptors (Lipinski definition) is 3. The highest BCUT2D eigenvalue weighted by Crippen LogP contribution is 2.20. The van der Waals surface area contributed by atoms with Crippen molar-refractivity contribution in [3.63, 3.8) is 0 Å². The Morgan fingerprint density at radius 1 is 1.55 bits per heavy atom. The van der Waals surface area contributed by atoms with Gasteiger partial charge in [0.15, 0.2) is 5.82 Å². The maximum absolute atomic E-state index is 13.5. The van der Waals surface area contributed by atoms with Gasteiger partial charge in [-0.2, -0.15) is 0 Å². The summed E-state index contributed by atoms with van der Waals surface area (Å²) in [6.45, 7) is 1.54. The third kappa shape index (κ3) is 3.08. The number of hydrogen-bond donors (Lipinski definition) is 1. The predicted octanol–water partition coefficient (Wildman–Crippen LogP) is 2.14. The van der Waals surface area contributed by atoms with Gasteiger partial charge in [0.25, 0.3) is 0 Å². The highest BCUT2D eigenvalue weighted by molar-refractivity contribution is 5.89. The minimum absolute atomic E-state index is 0.144. The predicted molar refractivity (Wildman–Crippen MR) is 79.9 cm³/mol. The lowest BCUT2D eigenvalue weighted by Gasteiger charge is -2.27. The summed E-state index contributed by atoms with van der Waals surface area (Å²) in [6.07, 6.45) is 8.17. The van der Waals surface area contributed by atoms with Crippen molar-refractivity contribution in [3.8, 4) is 0 Å². The molecular weight excluding hydrogens is 285 g/mol. The van der Waals surface area contributed by atoms with Crippen molar-refractivity contribution in [2.45, 2.75) is 19.4 Å². The summed E-state index contributed by atoms with van der Waals surface area (Å²) in [5, 5.41) is 2.56. The number of aryl methyl sites for hydroxylation is 1. The van der Waals surface area contributed by atoms with Crippen LogP contribution in [0.3, 0.4) is 0 Å². The standard InChI is InChI=1S/C15H18FN5O/c1-20(15(22)19-13-2-4-17-9-12(13)16)10-11-3-6-21-7-5-18-14(21)8-11/h2,4-5,7,9,11H,3,6,8,10H2,1H3,(H,17,19,22). The van der Waals surface area contributed by atoms with Gasteiger partial charge >= 0.3 is 6.03 Å². The number of imidazole rings is 1. The molecule has 3 heterocycles. The molecule has 0 fully saturated rings. The molecule has 1 atom stereocenters. The molecule has 2 amide bonds. The van der Waals surface area contributed by atoms with Crippen molar-refractivity contribution >= 4 is 11.7 Å². The molecule has 1 aliphatic heterocycles. The van der Waals surface area contributed by atoms with Crippen LogP contribution in [0.25, 0.3) is 0 Å². The van der Waals surface area contributed by atoms with Gasteiger partial charge < -0.3 is 14.8 Å². The van der Waals surface area contributed by atoms with E-state index in [0.717, 1.165) is 31.4 Å². The van der Waals surface area contributed by atoms with Crippen molar-refractivity contribution in [2.75, 3.05) is 18.9 Å². The molecule has 6 nitrogen and oxygen atoms in total. The van der Waals surface area contributed by atoms with Gasteiger partial charge in [-0.15, -0.1) is 0 Å². The van der Waals surface area contributed by atoms with E-state index in [-0.39, 0.29) is 11.7 Å². The van der Waals surface area contributed by atoms with Gasteiger partial charge in [-0.3, -0.25) is 4.98 Å². The molecule has 0 spiro atoms. The second-order valence-corrected chi connectivity index (χ2v) is 5.56. The number of amides is 2. The van der Waals surface area contributed by atoms with Crippen LogP contribution in [0, 0.1) is 11.7 Å². The van der Waals surface area contributed by atoms with Gasteiger partial charge in [-0.25, -0.2) is 14.2 Å². The summed E-state index contributed by atoms with van der Waals surface area (Å²) in [6, 6.07) is 1.12. The largest absolute Gasteiger partial charge is 0.335 e. The van der Waals surface area contributed by atoms with Crippen LogP contribution in [-0.2, 0) is 13.0 Å². The second kappa shape index (κ2) is 6.13. The van der Waals surface area contributed by atoms with Crippen molar-refractivity contribution in [1.29, 1.82) is 0 Å². The van der Waals surface area contributed by atoms with Crippen molar-refractivity contribution in [2.24, 2.45) is 5.92 Å². The summed E-state index contributed by atoms with van der Waals surface area (Å²) in [4.78, 5) is 21.7. The van der Waals surface area contributed by atoms with Crippen LogP contribution >= 0.6 is 0 Å². The number of aromatic nitrogens is 3. The number of carbonyl (C=O) groups is 1. The topological polar surface area (TPSA) is 63.1 Å². The highest BCUT2D eigenvalue weighted by Gasteiger charge is 2.22. The van der Waals surface area contributed by atoms with E-state index in [1.807, 2.05) is 6.20 Å². The molecule has 0 bridgehead atoms. The molecule has 1 aliphatic rings. The Hall–Kier alpha value is -2.44. The van der Waals surface area contributed by atoms with E-state index < -0.39 is 5.82 Å². The number of urea groups is 1. The van der Waals surface area contributed by atoms with Crippen molar-refractivity contribution in [1.82, 2.24) is 19.4 Å². The van der Waals surface area contributed by atoms with Gasteiger partial charge in [0, 0.05) is 45.1 Å². The molecule has 0 aliphatic carbocycles. The molecule has 1 N–H and O–H groups in total. The molecule has 7 heteroatoms. The number of fused-ring (bicyclic) bond motifs is 1. The SMILES string of the molecule is CN(CC1CCn2ccnc2C1)C(=O)Nc1ccncc1F. The lowest BCUT2D eigenvalue weighted by Crippen LogP contribution is -2.37. The van der Waals surface area contributed by atoms with Crippen molar-refractivity contribution < 1.29 is 9.18 Å². The van der Waals surface area contributed by atoms with Gasteiger partial charge in [-0.1, -0.05) is 0 Å². The summed E-state index contributed by atoms with van der Waals surface area (Å²) in [5.74, 6) is 0.891. The van der Waals surface area contributed by atoms with E-state index in [0.29, 0.717) is 12.5 Å². The average Bonchev–Trinajstić information content (AvgIpc) is 2.97. The molecule has 0 radical (unpaired) electrons. The molecule has 0 saturated heterocycles. The Morgan fingerprint density at radius 2 is 2.41 bits per heavy atom. The Balaban J connectivity index is 1.57. The summed E-state index contributed by atoms with van der Waals surface area (Å²) in [5.41, 5.74) is 0.144. The average molecular weight is 303 g/mol. The van der Waals surface area contributed by atoms with Crippen LogP contribution in [0.15, 0.2) is 30.9 Å². The van der Waals surface area contributed by atoms with Gasteiger partial charge in [-0.05, 0) is 18.4 Å². The monoisotopic (exact) mass is 303 g/mol. The van der Waals surface area contributed by atoms with E-state index in [1.54, 1.807) is 18.1 Å². The fraction of sp³-hybridized carbons (Fsp3) is 0.400. The first-order chi connectivity index (χ1) is 10.6. The van der Waals surface area contributed by atoms with Gasteiger partial charge in [0.2, 0.25) is 0 Å². The quantitative estimate of drug-likeness (QED) is 0.945. The fourth-order valence-electron chi connectivity index (χ4n) is 2.73. The molecule has 22 heavy (non-hydrogen) atoms. The molecule has 0 aromatic carbocycles. The van der Waals surface area contributed by atoms with Crippen LogP contribution in [-0.4, -0.2) is 39.1 Å². The maximum atomic E-state index is 13.5. The first-order valence-corrected chi connectivity index (χ1v) is 7.25. The Morgan fingerprint density at radius 3 is 3.23 bits per heavy atom. The zero-order chi connectivity index (χ0) is 15.5. The minimum atomic E-state index is -0.538. The summed E-state index contributed by atoms with van der Waals surface area (Å²) >= 11 is 0. The smallest absolute Gasteiger partial charge is 0.321 e. The fourth-order valence-corrected chi connectivity index (χ4v) is 2.73. The van der Waals surface area contributed by atoms with Gasteiger partial charge in [0.05, 0.1) is 11.9 Å². The van der Waals surface area contributed by atoms with Crippen LogP contribution < -0.4 is 5.32 Å². The third-order valence-electron chi connectivity index (χ3n) is 3.94. The number of rotatable bonds is 3. The van der Waals surface area contributed by atoms with Crippen LogP contribution in [0.2, 0.25) is 0 Å². The number of carbonyl (C=O) groups excluding carboxylic acids is 1. The molecule has 116 valence electrons. The highest BCUT2D eigenvalue weighted by atomic mass is 19.1. The molecule has 2 aromatic rings. The van der Waals surface area contributed by atoms with Crippen LogP contribution in [0.4, 0.5) is 14.9 Å². The Bertz CT molecular complexity index is 671. The van der Waals surface area contributed by atoms with E-state index in [2.05, 4.69) is 19.9 Å². The lowest BCUT2D eigenvalue weighted by atomic mass is 9.97. The number of nitrogens with one attached hydrogen (secondary N) is 1. The zero-order valence-corrected chi connectivity index (χ0v) is 12.4. The second-order valence-electron chi connectivity index (χ2n) is 5.56. The van der Waals surface area contributed by atoms with E-state index >= 15 is 0 Å². The first kappa shape index (κ1) is 14.5. The molecular formula is C15H18FN5O. The van der Waals surface area contributed by atoms with E-state index in [1.165, 1.54) is 12.3 Å². The van der Waals surface area contributed by atoms with Crippen LogP contribution in [0.5, 0.6) is 0 Å². The zero-order valence-electron chi connectivity index (χ0n) is 12.4. The summed E-state index contributed by atoms with van der Waals surface area (Å²) < 4.78 is 15.6. The summed E-state index contributed by atoms with van der Waals surface area (Å²) in [7, 11) is 1.72. The Kier molecular flexibility index (Phi) is 4.04. The Labute approximate surface area is 128 Å². The molecule has 2 aromatic heterocycles. The molecule has 1 unspecified atom stereocenters. The van der Waals surface area contributed by atoms with Crippen LogP contribution in [0.1, 0.15) is 12.2 Å². The number of halogens is 1. The third-order valence-corrected chi connectivity index (χ3v) is 3.94. The van der Waals surface area contributed by atoms with E-state index in [4.69, 9.17) is 0 Å². The van der Waals surface area contributed by atoms with Gasteiger partial charge in [0.1, 0.15) is 5.82 Å². The molecule has 0 saturated carbocycles. The number of nitrogens with zero attached hydrogens (tertiary/aromatic N) is 4. The minimum Gasteiger partial charge on any atom is -0.335 e. The molecule has 3 rings (SSSR count). The number of pyridine rings is 1. The first-order valence-electron chi connectivity index (χ1n) is 7.25. The maximum Gasteiger partial charge on any atom is 0.321 e. The lowest BCUT2D eigenvalue weighted by molar-refractivity contribution is 0.207. The normalized spacial score (nSPS) is 16.9. The van der Waals surface area contributed by atoms with E-state index in [9.17, 15) is 9.18 Å².